The quantitative estimate of drug-likeness (QED) is 0.667. The minimum atomic E-state index is -0.521. The fraction of sp³-hybridized carbons (Fsp3) is 0.0625. The third-order valence-corrected chi connectivity index (χ3v) is 4.23. The molecule has 0 atom stereocenters. The molecule has 116 valence electrons. The lowest BCUT2D eigenvalue weighted by atomic mass is 10.1. The molecule has 23 heavy (non-hydrogen) atoms. The van der Waals surface area contributed by atoms with Crippen LogP contribution in [0, 0.1) is 5.82 Å². The van der Waals surface area contributed by atoms with E-state index in [2.05, 4.69) is 10.6 Å². The summed E-state index contributed by atoms with van der Waals surface area (Å²) in [6.45, 7) is 0. The summed E-state index contributed by atoms with van der Waals surface area (Å²) in [6, 6.07) is 10.5. The summed E-state index contributed by atoms with van der Waals surface area (Å²) in [4.78, 5) is 36.1. The molecule has 0 unspecified atom stereocenters. The van der Waals surface area contributed by atoms with Crippen LogP contribution in [0.15, 0.2) is 47.4 Å². The van der Waals surface area contributed by atoms with Crippen LogP contribution in [0.3, 0.4) is 0 Å². The molecule has 5 nitrogen and oxygen atoms in total. The highest BCUT2D eigenvalue weighted by Crippen LogP contribution is 2.25. The normalized spacial score (nSPS) is 12.7. The third kappa shape index (κ3) is 3.24. The number of carbonyl (C=O) groups is 3. The molecule has 2 N–H and O–H groups in total. The van der Waals surface area contributed by atoms with Crippen molar-refractivity contribution in [1.82, 2.24) is 5.32 Å². The van der Waals surface area contributed by atoms with Gasteiger partial charge in [-0.15, -0.1) is 11.8 Å². The van der Waals surface area contributed by atoms with Crippen LogP contribution >= 0.6 is 11.8 Å². The Bertz CT molecular complexity index is 805. The Hall–Kier alpha value is -2.67. The van der Waals surface area contributed by atoms with Gasteiger partial charge in [0.1, 0.15) is 5.82 Å². The van der Waals surface area contributed by atoms with Crippen molar-refractivity contribution in [2.45, 2.75) is 4.90 Å². The molecule has 0 spiro atoms. The van der Waals surface area contributed by atoms with Gasteiger partial charge in [-0.2, -0.15) is 0 Å². The fourth-order valence-corrected chi connectivity index (χ4v) is 2.89. The van der Waals surface area contributed by atoms with Gasteiger partial charge in [0.15, 0.2) is 0 Å². The lowest BCUT2D eigenvalue weighted by Gasteiger charge is -2.08. The second kappa shape index (κ2) is 6.21. The van der Waals surface area contributed by atoms with Crippen molar-refractivity contribution in [1.29, 1.82) is 0 Å². The van der Waals surface area contributed by atoms with E-state index in [4.69, 9.17) is 0 Å². The molecule has 0 fully saturated rings. The van der Waals surface area contributed by atoms with Crippen molar-refractivity contribution in [2.75, 3.05) is 11.1 Å². The lowest BCUT2D eigenvalue weighted by molar-refractivity contribution is -0.113. The monoisotopic (exact) mass is 330 g/mol. The van der Waals surface area contributed by atoms with Crippen LogP contribution in [0.25, 0.3) is 0 Å². The highest BCUT2D eigenvalue weighted by atomic mass is 32.2. The first kappa shape index (κ1) is 15.2. The third-order valence-electron chi connectivity index (χ3n) is 3.22. The minimum Gasteiger partial charge on any atom is -0.325 e. The molecule has 2 aromatic carbocycles. The Balaban J connectivity index is 1.68. The Morgan fingerprint density at radius 1 is 1.09 bits per heavy atom. The van der Waals surface area contributed by atoms with Crippen molar-refractivity contribution in [3.8, 4) is 0 Å². The molecule has 0 radical (unpaired) electrons. The zero-order chi connectivity index (χ0) is 16.4. The first-order chi connectivity index (χ1) is 11.0. The first-order valence-corrected chi connectivity index (χ1v) is 7.70. The highest BCUT2D eigenvalue weighted by Gasteiger charge is 2.29. The number of hydrogen-bond donors (Lipinski definition) is 2. The van der Waals surface area contributed by atoms with E-state index in [1.165, 1.54) is 30.0 Å². The van der Waals surface area contributed by atoms with E-state index in [0.29, 0.717) is 5.69 Å². The molecule has 0 saturated carbocycles. The highest BCUT2D eigenvalue weighted by molar-refractivity contribution is 8.00. The van der Waals surface area contributed by atoms with Gasteiger partial charge in [0.2, 0.25) is 5.91 Å². The van der Waals surface area contributed by atoms with Crippen molar-refractivity contribution >= 4 is 35.2 Å². The Morgan fingerprint density at radius 3 is 2.57 bits per heavy atom. The topological polar surface area (TPSA) is 75.3 Å². The maximum atomic E-state index is 12.8. The van der Waals surface area contributed by atoms with Gasteiger partial charge in [0.05, 0.1) is 22.6 Å². The van der Waals surface area contributed by atoms with E-state index in [0.717, 1.165) is 4.90 Å². The number of amides is 3. The molecule has 1 aliphatic heterocycles. The number of anilines is 1. The van der Waals surface area contributed by atoms with E-state index in [1.54, 1.807) is 24.3 Å². The molecule has 2 aromatic rings. The Kier molecular flexibility index (Phi) is 4.12. The van der Waals surface area contributed by atoms with E-state index in [9.17, 15) is 18.8 Å². The Morgan fingerprint density at radius 2 is 1.83 bits per heavy atom. The maximum absolute atomic E-state index is 12.8. The molecule has 3 rings (SSSR count). The SMILES string of the molecule is O=C(CSc1ccc(F)cc1)Nc1cccc2c1C(=O)NC2=O. The largest absolute Gasteiger partial charge is 0.325 e. The summed E-state index contributed by atoms with van der Waals surface area (Å²) in [7, 11) is 0. The lowest BCUT2D eigenvalue weighted by Crippen LogP contribution is -2.21. The first-order valence-electron chi connectivity index (χ1n) is 6.71. The molecule has 0 aromatic heterocycles. The van der Waals surface area contributed by atoms with E-state index >= 15 is 0 Å². The maximum Gasteiger partial charge on any atom is 0.261 e. The number of nitrogens with one attached hydrogen (secondary N) is 2. The number of hydrogen-bond acceptors (Lipinski definition) is 4. The van der Waals surface area contributed by atoms with Gasteiger partial charge in [-0.3, -0.25) is 19.7 Å². The standard InChI is InChI=1S/C16H11FN2O3S/c17-9-4-6-10(7-5-9)23-8-13(20)18-12-3-1-2-11-14(12)16(22)19-15(11)21/h1-7H,8H2,(H,18,20)(H,19,21,22). The van der Waals surface area contributed by atoms with Gasteiger partial charge in [-0.25, -0.2) is 4.39 Å². The van der Waals surface area contributed by atoms with Crippen LogP contribution in [0.4, 0.5) is 10.1 Å². The summed E-state index contributed by atoms with van der Waals surface area (Å²) in [6.07, 6.45) is 0. The van der Waals surface area contributed by atoms with Gasteiger partial charge >= 0.3 is 0 Å². The van der Waals surface area contributed by atoms with Gasteiger partial charge in [-0.05, 0) is 36.4 Å². The molecule has 0 saturated heterocycles. The average molecular weight is 330 g/mol. The molecule has 3 amide bonds. The van der Waals surface area contributed by atoms with Crippen molar-refractivity contribution in [2.24, 2.45) is 0 Å². The molecule has 0 bridgehead atoms. The number of rotatable bonds is 4. The van der Waals surface area contributed by atoms with Crippen molar-refractivity contribution in [3.05, 3.63) is 59.4 Å². The van der Waals surface area contributed by atoms with Crippen LogP contribution in [0.5, 0.6) is 0 Å². The molecule has 0 aliphatic carbocycles. The van der Waals surface area contributed by atoms with E-state index in [1.807, 2.05) is 0 Å². The zero-order valence-electron chi connectivity index (χ0n) is 11.8. The molecule has 1 aliphatic rings. The molecular weight excluding hydrogens is 319 g/mol. The summed E-state index contributed by atoms with van der Waals surface area (Å²) >= 11 is 1.24. The smallest absolute Gasteiger partial charge is 0.261 e. The van der Waals surface area contributed by atoms with Gasteiger partial charge in [-0.1, -0.05) is 6.07 Å². The molecule has 1 heterocycles. The van der Waals surface area contributed by atoms with Crippen LogP contribution < -0.4 is 10.6 Å². The summed E-state index contributed by atoms with van der Waals surface area (Å²) in [5.74, 6) is -1.55. The summed E-state index contributed by atoms with van der Waals surface area (Å²) in [5.41, 5.74) is 0.729. The van der Waals surface area contributed by atoms with Gasteiger partial charge in [0, 0.05) is 4.90 Å². The number of benzene rings is 2. The second-order valence-corrected chi connectivity index (χ2v) is 5.85. The van der Waals surface area contributed by atoms with Crippen molar-refractivity contribution in [3.63, 3.8) is 0 Å². The van der Waals surface area contributed by atoms with Crippen molar-refractivity contribution < 1.29 is 18.8 Å². The van der Waals surface area contributed by atoms with Crippen LogP contribution in [-0.2, 0) is 4.79 Å². The molecular formula is C16H11FN2O3S. The van der Waals surface area contributed by atoms with E-state index < -0.39 is 11.8 Å². The number of thioether (sulfide) groups is 1. The number of imide groups is 1. The van der Waals surface area contributed by atoms with Crippen LogP contribution in [0.2, 0.25) is 0 Å². The average Bonchev–Trinajstić information content (AvgIpc) is 2.82. The molecule has 7 heteroatoms. The zero-order valence-corrected chi connectivity index (χ0v) is 12.6. The van der Waals surface area contributed by atoms with Crippen LogP contribution in [-0.4, -0.2) is 23.5 Å². The van der Waals surface area contributed by atoms with Crippen LogP contribution in [0.1, 0.15) is 20.7 Å². The number of carbonyl (C=O) groups excluding carboxylic acids is 3. The number of fused-ring (bicyclic) bond motifs is 1. The predicted octanol–water partition coefficient (Wildman–Crippen LogP) is 2.44. The predicted molar refractivity (Wildman–Crippen MR) is 84.0 cm³/mol. The van der Waals surface area contributed by atoms with E-state index in [-0.39, 0.29) is 28.6 Å². The Labute approximate surface area is 135 Å². The summed E-state index contributed by atoms with van der Waals surface area (Å²) < 4.78 is 12.8. The fourth-order valence-electron chi connectivity index (χ4n) is 2.19. The summed E-state index contributed by atoms with van der Waals surface area (Å²) in [5, 5.41) is 4.82. The van der Waals surface area contributed by atoms with Gasteiger partial charge < -0.3 is 5.32 Å². The number of halogens is 1. The van der Waals surface area contributed by atoms with Gasteiger partial charge in [0.25, 0.3) is 11.8 Å². The minimum absolute atomic E-state index is 0.102. The second-order valence-electron chi connectivity index (χ2n) is 4.80.